The first-order valence-corrected chi connectivity index (χ1v) is 12.0. The van der Waals surface area contributed by atoms with Crippen molar-refractivity contribution in [1.29, 1.82) is 0 Å². The van der Waals surface area contributed by atoms with Crippen LogP contribution in [0.4, 0.5) is 0 Å². The highest BCUT2D eigenvalue weighted by Gasteiger charge is 2.21. The zero-order valence-electron chi connectivity index (χ0n) is 21.0. The number of amides is 2. The summed E-state index contributed by atoms with van der Waals surface area (Å²) >= 11 is 0. The number of nitrogens with zero attached hydrogens (tertiary/aromatic N) is 2. The van der Waals surface area contributed by atoms with Gasteiger partial charge in [0.25, 0.3) is 0 Å². The number of aryl methyl sites for hydroxylation is 1. The highest BCUT2D eigenvalue weighted by Crippen LogP contribution is 2.38. The second kappa shape index (κ2) is 9.14. The maximum atomic E-state index is 12.5. The number of hydrogen-bond acceptors (Lipinski definition) is 7. The third kappa shape index (κ3) is 4.25. The van der Waals surface area contributed by atoms with Gasteiger partial charge in [-0.05, 0) is 78.2 Å². The van der Waals surface area contributed by atoms with Crippen LogP contribution in [-0.2, 0) is 0 Å². The number of fused-ring (bicyclic) bond motifs is 2. The molecule has 0 saturated heterocycles. The average molecular weight is 519 g/mol. The Morgan fingerprint density at radius 3 is 2.18 bits per heavy atom. The van der Waals surface area contributed by atoms with Crippen molar-refractivity contribution in [3.8, 4) is 39.8 Å². The molecule has 2 aromatic heterocycles. The Kier molecular flexibility index (Phi) is 5.61. The van der Waals surface area contributed by atoms with Crippen LogP contribution in [0.15, 0.2) is 81.6 Å². The summed E-state index contributed by atoms with van der Waals surface area (Å²) in [5.41, 5.74) is 17.5. The minimum Gasteiger partial charge on any atom is -0.497 e. The van der Waals surface area contributed by atoms with E-state index >= 15 is 0 Å². The molecule has 0 aliphatic carbocycles. The van der Waals surface area contributed by atoms with Crippen LogP contribution in [0.25, 0.3) is 56.2 Å². The van der Waals surface area contributed by atoms with Crippen molar-refractivity contribution < 1.29 is 23.2 Å². The minimum absolute atomic E-state index is 0.231. The van der Waals surface area contributed by atoms with Gasteiger partial charge in [-0.3, -0.25) is 9.59 Å². The molecule has 9 heteroatoms. The SMILES string of the molecule is COc1ccc2nc(-c3cc(C(N)=O)ccc3-c3cc(-c4nc5ccc(C)cc5o4)ccc3C(N)=O)oc2c1. The zero-order chi connectivity index (χ0) is 27.3. The number of aromatic nitrogens is 2. The van der Waals surface area contributed by atoms with Gasteiger partial charge in [0, 0.05) is 28.3 Å². The lowest BCUT2D eigenvalue weighted by molar-refractivity contribution is 0.0992. The van der Waals surface area contributed by atoms with Crippen LogP contribution in [0.1, 0.15) is 26.3 Å². The van der Waals surface area contributed by atoms with Gasteiger partial charge >= 0.3 is 0 Å². The summed E-state index contributed by atoms with van der Waals surface area (Å²) in [6.45, 7) is 1.97. The van der Waals surface area contributed by atoms with Crippen LogP contribution in [0.5, 0.6) is 5.75 Å². The molecule has 6 aromatic rings. The fourth-order valence-corrected chi connectivity index (χ4v) is 4.53. The number of carbonyl (C=O) groups excluding carboxylic acids is 2. The molecule has 0 bridgehead atoms. The van der Waals surface area contributed by atoms with E-state index in [-0.39, 0.29) is 17.0 Å². The molecule has 4 aromatic carbocycles. The van der Waals surface area contributed by atoms with E-state index in [1.54, 1.807) is 61.7 Å². The van der Waals surface area contributed by atoms with Crippen LogP contribution in [0.3, 0.4) is 0 Å². The molecule has 0 atom stereocenters. The lowest BCUT2D eigenvalue weighted by Crippen LogP contribution is -2.13. The van der Waals surface area contributed by atoms with Gasteiger partial charge in [-0.25, -0.2) is 9.97 Å². The Bertz CT molecular complexity index is 1940. The maximum Gasteiger partial charge on any atom is 0.249 e. The molecule has 0 saturated carbocycles. The van der Waals surface area contributed by atoms with Crippen molar-refractivity contribution in [2.24, 2.45) is 11.5 Å². The molecule has 0 radical (unpaired) electrons. The minimum atomic E-state index is -0.628. The van der Waals surface area contributed by atoms with Crippen molar-refractivity contribution in [2.75, 3.05) is 7.11 Å². The summed E-state index contributed by atoms with van der Waals surface area (Å²) < 4.78 is 17.4. The molecule has 192 valence electrons. The average Bonchev–Trinajstić information content (AvgIpc) is 3.55. The van der Waals surface area contributed by atoms with Crippen molar-refractivity contribution in [1.82, 2.24) is 9.97 Å². The van der Waals surface area contributed by atoms with Gasteiger partial charge in [-0.1, -0.05) is 12.1 Å². The summed E-state index contributed by atoms with van der Waals surface area (Å²) in [6.07, 6.45) is 0. The number of methoxy groups -OCH3 is 1. The molecule has 0 aliphatic heterocycles. The first kappa shape index (κ1) is 23.9. The Balaban J connectivity index is 1.57. The molecule has 39 heavy (non-hydrogen) atoms. The molecular weight excluding hydrogens is 496 g/mol. The summed E-state index contributed by atoms with van der Waals surface area (Å²) in [6, 6.07) is 21.0. The van der Waals surface area contributed by atoms with Gasteiger partial charge in [0.2, 0.25) is 23.6 Å². The largest absolute Gasteiger partial charge is 0.497 e. The van der Waals surface area contributed by atoms with Crippen LogP contribution in [0.2, 0.25) is 0 Å². The number of benzene rings is 4. The molecule has 4 N–H and O–H groups in total. The zero-order valence-corrected chi connectivity index (χ0v) is 21.0. The number of carbonyl (C=O) groups is 2. The summed E-state index contributed by atoms with van der Waals surface area (Å²) in [4.78, 5) is 33.8. The Morgan fingerprint density at radius 2 is 1.44 bits per heavy atom. The van der Waals surface area contributed by atoms with Crippen molar-refractivity contribution in [2.45, 2.75) is 6.92 Å². The van der Waals surface area contributed by atoms with Gasteiger partial charge < -0.3 is 25.0 Å². The third-order valence-electron chi connectivity index (χ3n) is 6.50. The Hall–Kier alpha value is -5.44. The Labute approximate surface area is 222 Å². The van der Waals surface area contributed by atoms with E-state index in [0.29, 0.717) is 56.1 Å². The maximum absolute atomic E-state index is 12.5. The summed E-state index contributed by atoms with van der Waals surface area (Å²) in [7, 11) is 1.56. The van der Waals surface area contributed by atoms with Gasteiger partial charge in [-0.2, -0.15) is 0 Å². The number of oxazole rings is 2. The fraction of sp³-hybridized carbons (Fsp3) is 0.0667. The molecule has 0 aliphatic rings. The number of hydrogen-bond donors (Lipinski definition) is 2. The van der Waals surface area contributed by atoms with E-state index < -0.39 is 11.8 Å². The normalized spacial score (nSPS) is 11.2. The van der Waals surface area contributed by atoms with Gasteiger partial charge in [0.05, 0.1) is 7.11 Å². The van der Waals surface area contributed by atoms with Crippen molar-refractivity contribution in [3.63, 3.8) is 0 Å². The first-order chi connectivity index (χ1) is 18.8. The van der Waals surface area contributed by atoms with E-state index in [1.807, 2.05) is 25.1 Å². The van der Waals surface area contributed by atoms with Crippen molar-refractivity contribution >= 4 is 34.0 Å². The molecule has 2 heterocycles. The smallest absolute Gasteiger partial charge is 0.249 e. The lowest BCUT2D eigenvalue weighted by atomic mass is 9.92. The highest BCUT2D eigenvalue weighted by molar-refractivity contribution is 6.04. The molecule has 0 spiro atoms. The Morgan fingerprint density at radius 1 is 0.718 bits per heavy atom. The van der Waals surface area contributed by atoms with Crippen LogP contribution < -0.4 is 16.2 Å². The topological polar surface area (TPSA) is 147 Å². The van der Waals surface area contributed by atoms with E-state index in [4.69, 9.17) is 25.0 Å². The number of ether oxygens (including phenoxy) is 1. The van der Waals surface area contributed by atoms with Gasteiger partial charge in [0.1, 0.15) is 16.8 Å². The summed E-state index contributed by atoms with van der Waals surface area (Å²) in [5.74, 6) is -0.0246. The third-order valence-corrected chi connectivity index (χ3v) is 6.50. The standard InChI is InChI=1S/C30H22N4O5/c1-15-3-9-23-25(11-15)38-29(33-23)17-5-8-20(28(32)36)21(13-17)19-7-4-16(27(31)35)12-22(19)30-34-24-10-6-18(37-2)14-26(24)39-30/h3-14H,1-2H3,(H2,31,35)(H2,32,36). The second-order valence-corrected chi connectivity index (χ2v) is 9.09. The monoisotopic (exact) mass is 518 g/mol. The number of primary amides is 2. The fourth-order valence-electron chi connectivity index (χ4n) is 4.53. The first-order valence-electron chi connectivity index (χ1n) is 12.0. The van der Waals surface area contributed by atoms with Gasteiger partial charge in [-0.15, -0.1) is 0 Å². The summed E-state index contributed by atoms with van der Waals surface area (Å²) in [5, 5.41) is 0. The van der Waals surface area contributed by atoms with E-state index in [1.165, 1.54) is 0 Å². The number of rotatable bonds is 6. The molecule has 6 rings (SSSR count). The predicted octanol–water partition coefficient (Wildman–Crippen LogP) is 5.48. The predicted molar refractivity (Wildman–Crippen MR) is 146 cm³/mol. The molecule has 0 unspecified atom stereocenters. The quantitative estimate of drug-likeness (QED) is 0.296. The lowest BCUT2D eigenvalue weighted by Gasteiger charge is -2.13. The molecule has 9 nitrogen and oxygen atoms in total. The van der Waals surface area contributed by atoms with Crippen LogP contribution >= 0.6 is 0 Å². The van der Waals surface area contributed by atoms with Crippen LogP contribution in [-0.4, -0.2) is 28.9 Å². The van der Waals surface area contributed by atoms with Gasteiger partial charge in [0.15, 0.2) is 11.2 Å². The number of nitrogens with two attached hydrogens (primary N) is 2. The van der Waals surface area contributed by atoms with Crippen molar-refractivity contribution in [3.05, 3.63) is 89.5 Å². The highest BCUT2D eigenvalue weighted by atomic mass is 16.5. The second-order valence-electron chi connectivity index (χ2n) is 9.09. The van der Waals surface area contributed by atoms with Crippen LogP contribution in [0, 0.1) is 6.92 Å². The molecule has 0 fully saturated rings. The van der Waals surface area contributed by atoms with E-state index in [9.17, 15) is 9.59 Å². The molecule has 2 amide bonds. The van der Waals surface area contributed by atoms with E-state index in [0.717, 1.165) is 5.56 Å². The van der Waals surface area contributed by atoms with E-state index in [2.05, 4.69) is 9.97 Å². The molecular formula is C30H22N4O5.